The Balaban J connectivity index is 2.10. The summed E-state index contributed by atoms with van der Waals surface area (Å²) in [5.74, 6) is 4.32. The van der Waals surface area contributed by atoms with E-state index in [1.54, 1.807) is 31.2 Å². The van der Waals surface area contributed by atoms with Crippen molar-refractivity contribution in [2.75, 3.05) is 14.2 Å². The number of methoxy groups -OCH3 is 1. The molecule has 0 heterocycles. The van der Waals surface area contributed by atoms with E-state index in [1.165, 1.54) is 32.4 Å². The van der Waals surface area contributed by atoms with Gasteiger partial charge in [-0.15, -0.1) is 13.2 Å². The smallest absolute Gasteiger partial charge is 0.464 e. The molecule has 0 saturated heterocycles. The quantitative estimate of drug-likeness (QED) is 0.276. The summed E-state index contributed by atoms with van der Waals surface area (Å²) in [6.07, 6.45) is -4.78. The number of benzene rings is 2. The Labute approximate surface area is 182 Å². The van der Waals surface area contributed by atoms with Gasteiger partial charge in [0, 0.05) is 16.7 Å². The number of carbonyl (C=O) groups excluding carboxylic acids is 1. The zero-order valence-electron chi connectivity index (χ0n) is 17.4. The second kappa shape index (κ2) is 11.4. The summed E-state index contributed by atoms with van der Waals surface area (Å²) in [4.78, 5) is 22.0. The normalized spacial score (nSPS) is 11.8. The van der Waals surface area contributed by atoms with E-state index in [2.05, 4.69) is 26.9 Å². The van der Waals surface area contributed by atoms with E-state index in [-0.39, 0.29) is 23.8 Å². The minimum Gasteiger partial charge on any atom is -0.464 e. The van der Waals surface area contributed by atoms with Crippen molar-refractivity contribution in [3.05, 3.63) is 65.2 Å². The maximum atomic E-state index is 12.3. The summed E-state index contributed by atoms with van der Waals surface area (Å²) < 4.78 is 45.5. The lowest BCUT2D eigenvalue weighted by Crippen LogP contribution is -2.19. The first kappa shape index (κ1) is 24.3. The number of nitrogens with zero attached hydrogens (tertiary/aromatic N) is 2. The molecule has 168 valence electrons. The van der Waals surface area contributed by atoms with Crippen LogP contribution in [0.2, 0.25) is 0 Å². The van der Waals surface area contributed by atoms with Gasteiger partial charge in [0.15, 0.2) is 5.71 Å². The van der Waals surface area contributed by atoms with Gasteiger partial charge in [-0.05, 0) is 31.0 Å². The first-order valence-corrected chi connectivity index (χ1v) is 9.05. The molecule has 0 aromatic heterocycles. The largest absolute Gasteiger partial charge is 0.573 e. The lowest BCUT2D eigenvalue weighted by atomic mass is 10.0. The third-order valence-electron chi connectivity index (χ3n) is 3.71. The second-order valence-corrected chi connectivity index (χ2v) is 6.05. The molecular weight excluding hydrogens is 429 g/mol. The number of hydrogen-bond acceptors (Lipinski definition) is 7. The van der Waals surface area contributed by atoms with Crippen LogP contribution in [-0.2, 0) is 25.8 Å². The molecule has 0 aliphatic heterocycles. The van der Waals surface area contributed by atoms with E-state index in [0.29, 0.717) is 16.7 Å². The summed E-state index contributed by atoms with van der Waals surface area (Å²) in [7, 11) is 2.53. The number of hydrogen-bond donors (Lipinski definition) is 0. The molecule has 0 N–H and O–H groups in total. The van der Waals surface area contributed by atoms with E-state index in [4.69, 9.17) is 14.4 Å². The van der Waals surface area contributed by atoms with Crippen LogP contribution < -0.4 is 4.74 Å². The Morgan fingerprint density at radius 1 is 1.06 bits per heavy atom. The standard InChI is InChI=1S/C22H19F3N2O5/c1-15(11-12-16-7-6-9-18(13-16)32-22(23,24)25)26-31-14-17-8-4-5-10-19(17)20(27-30-3)21(28)29-2/h4-10,13H,14H2,1-3H3/b26-15+,27-20+. The van der Waals surface area contributed by atoms with E-state index in [9.17, 15) is 18.0 Å². The minimum atomic E-state index is -4.78. The van der Waals surface area contributed by atoms with Gasteiger partial charge in [0.05, 0.1) is 7.11 Å². The van der Waals surface area contributed by atoms with Crippen molar-refractivity contribution in [1.29, 1.82) is 0 Å². The summed E-state index contributed by atoms with van der Waals surface area (Å²) in [5.41, 5.74) is 1.60. The molecular formula is C22H19F3N2O5. The van der Waals surface area contributed by atoms with Crippen molar-refractivity contribution in [1.82, 2.24) is 0 Å². The fourth-order valence-corrected chi connectivity index (χ4v) is 2.42. The maximum Gasteiger partial charge on any atom is 0.573 e. The highest BCUT2D eigenvalue weighted by atomic mass is 19.4. The number of ether oxygens (including phenoxy) is 2. The Morgan fingerprint density at radius 3 is 2.50 bits per heavy atom. The van der Waals surface area contributed by atoms with Crippen LogP contribution in [0.3, 0.4) is 0 Å². The maximum absolute atomic E-state index is 12.3. The molecule has 7 nitrogen and oxygen atoms in total. The van der Waals surface area contributed by atoms with Gasteiger partial charge in [-0.2, -0.15) is 0 Å². The van der Waals surface area contributed by atoms with Gasteiger partial charge >= 0.3 is 12.3 Å². The van der Waals surface area contributed by atoms with Crippen molar-refractivity contribution >= 4 is 17.4 Å². The lowest BCUT2D eigenvalue weighted by Gasteiger charge is -2.09. The topological polar surface area (TPSA) is 78.7 Å². The molecule has 0 bridgehead atoms. The summed E-state index contributed by atoms with van der Waals surface area (Å²) in [6.45, 7) is 1.56. The van der Waals surface area contributed by atoms with E-state index in [1.807, 2.05) is 0 Å². The van der Waals surface area contributed by atoms with Crippen LogP contribution in [0.1, 0.15) is 23.6 Å². The molecule has 2 aromatic carbocycles. The van der Waals surface area contributed by atoms with E-state index in [0.717, 1.165) is 6.07 Å². The molecule has 0 unspecified atom stereocenters. The van der Waals surface area contributed by atoms with E-state index < -0.39 is 12.3 Å². The first-order chi connectivity index (χ1) is 15.2. The van der Waals surface area contributed by atoms with Crippen LogP contribution in [0.5, 0.6) is 5.75 Å². The highest BCUT2D eigenvalue weighted by Crippen LogP contribution is 2.23. The van der Waals surface area contributed by atoms with Gasteiger partial charge < -0.3 is 19.1 Å². The van der Waals surface area contributed by atoms with Crippen LogP contribution in [0, 0.1) is 11.8 Å². The highest BCUT2D eigenvalue weighted by molar-refractivity contribution is 6.43. The number of halogens is 3. The molecule has 32 heavy (non-hydrogen) atoms. The number of carbonyl (C=O) groups is 1. The molecule has 0 spiro atoms. The molecule has 0 radical (unpaired) electrons. The Hall–Kier alpha value is -4.00. The average molecular weight is 448 g/mol. The fourth-order valence-electron chi connectivity index (χ4n) is 2.42. The molecule has 10 heteroatoms. The second-order valence-electron chi connectivity index (χ2n) is 6.05. The van der Waals surface area contributed by atoms with Crippen molar-refractivity contribution in [3.63, 3.8) is 0 Å². The van der Waals surface area contributed by atoms with Gasteiger partial charge in [0.2, 0.25) is 0 Å². The third kappa shape index (κ3) is 7.68. The molecule has 0 aliphatic rings. The summed E-state index contributed by atoms with van der Waals surface area (Å²) >= 11 is 0. The van der Waals surface area contributed by atoms with Gasteiger partial charge in [-0.25, -0.2) is 4.79 Å². The van der Waals surface area contributed by atoms with Crippen LogP contribution >= 0.6 is 0 Å². The van der Waals surface area contributed by atoms with Crippen LogP contribution in [0.4, 0.5) is 13.2 Å². The lowest BCUT2D eigenvalue weighted by molar-refractivity contribution is -0.274. The molecule has 0 saturated carbocycles. The number of alkyl halides is 3. The Morgan fingerprint density at radius 2 is 1.81 bits per heavy atom. The molecule has 0 atom stereocenters. The van der Waals surface area contributed by atoms with Gasteiger partial charge in [0.1, 0.15) is 25.2 Å². The Bertz CT molecular complexity index is 1070. The highest BCUT2D eigenvalue weighted by Gasteiger charge is 2.31. The predicted molar refractivity (Wildman–Crippen MR) is 110 cm³/mol. The summed E-state index contributed by atoms with van der Waals surface area (Å²) in [6, 6.07) is 12.1. The molecule has 0 aliphatic carbocycles. The average Bonchev–Trinajstić information content (AvgIpc) is 2.75. The fraction of sp³-hybridized carbons (Fsp3) is 0.227. The van der Waals surface area contributed by atoms with Crippen molar-refractivity contribution in [3.8, 4) is 17.6 Å². The SMILES string of the molecule is CO/N=C(/C(=O)OC)c1ccccc1CO/N=C(\C)C#Cc1cccc(OC(F)(F)F)c1. The minimum absolute atomic E-state index is 0.0101. The van der Waals surface area contributed by atoms with Gasteiger partial charge in [0.25, 0.3) is 0 Å². The van der Waals surface area contributed by atoms with Gasteiger partial charge in [-0.1, -0.05) is 46.6 Å². The monoisotopic (exact) mass is 448 g/mol. The number of esters is 1. The number of rotatable bonds is 7. The molecule has 2 rings (SSSR count). The van der Waals surface area contributed by atoms with Crippen molar-refractivity contribution < 1.29 is 37.1 Å². The molecule has 2 aromatic rings. The zero-order valence-corrected chi connectivity index (χ0v) is 17.4. The predicted octanol–water partition coefficient (Wildman–Crippen LogP) is 4.05. The Kier molecular flexibility index (Phi) is 8.65. The van der Waals surface area contributed by atoms with Crippen molar-refractivity contribution in [2.24, 2.45) is 10.3 Å². The number of oxime groups is 2. The summed E-state index contributed by atoms with van der Waals surface area (Å²) in [5, 5.41) is 7.58. The van der Waals surface area contributed by atoms with E-state index >= 15 is 0 Å². The molecule has 0 fully saturated rings. The van der Waals surface area contributed by atoms with Crippen LogP contribution in [0.15, 0.2) is 58.8 Å². The zero-order chi connectivity index (χ0) is 23.6. The van der Waals surface area contributed by atoms with Gasteiger partial charge in [-0.3, -0.25) is 0 Å². The van der Waals surface area contributed by atoms with Crippen LogP contribution in [0.25, 0.3) is 0 Å². The van der Waals surface area contributed by atoms with Crippen LogP contribution in [-0.4, -0.2) is 38.0 Å². The molecule has 0 amide bonds. The first-order valence-electron chi connectivity index (χ1n) is 9.05. The van der Waals surface area contributed by atoms with Crippen molar-refractivity contribution in [2.45, 2.75) is 19.9 Å². The third-order valence-corrected chi connectivity index (χ3v) is 3.71.